The first-order valence-electron chi connectivity index (χ1n) is 15.7. The lowest BCUT2D eigenvalue weighted by Crippen LogP contribution is -2.60. The smallest absolute Gasteiger partial charge is 0.223 e. The predicted octanol–water partition coefficient (Wildman–Crippen LogP) is 4.03. The number of hydrogen-bond acceptors (Lipinski definition) is 4. The van der Waals surface area contributed by atoms with Gasteiger partial charge in [0.25, 0.3) is 0 Å². The average molecular weight is 540 g/mol. The number of likely N-dealkylation sites (tertiary alicyclic amines) is 1. The van der Waals surface area contributed by atoms with Crippen LogP contribution in [-0.4, -0.2) is 69.4 Å². The third-order valence-electron chi connectivity index (χ3n) is 9.91. The van der Waals surface area contributed by atoms with Crippen molar-refractivity contribution in [3.8, 4) is 0 Å². The summed E-state index contributed by atoms with van der Waals surface area (Å²) in [7, 11) is 0. The van der Waals surface area contributed by atoms with Crippen LogP contribution in [0.3, 0.4) is 0 Å². The molecule has 3 amide bonds. The van der Waals surface area contributed by atoms with Crippen LogP contribution in [0.5, 0.6) is 0 Å². The van der Waals surface area contributed by atoms with E-state index >= 15 is 0 Å². The van der Waals surface area contributed by atoms with Crippen molar-refractivity contribution < 1.29 is 14.4 Å². The summed E-state index contributed by atoms with van der Waals surface area (Å²) in [6.45, 7) is 8.71. The van der Waals surface area contributed by atoms with Crippen molar-refractivity contribution in [1.29, 1.82) is 0 Å². The van der Waals surface area contributed by atoms with Gasteiger partial charge in [0.05, 0.1) is 5.69 Å². The van der Waals surface area contributed by atoms with Gasteiger partial charge in [0.1, 0.15) is 0 Å². The Morgan fingerprint density at radius 3 is 2.67 bits per heavy atom. The normalized spacial score (nSPS) is 30.5. The van der Waals surface area contributed by atoms with E-state index in [0.717, 1.165) is 70.3 Å². The highest BCUT2D eigenvalue weighted by molar-refractivity contribution is 5.78. The predicted molar refractivity (Wildman–Crippen MR) is 151 cm³/mol. The number of nitrogens with one attached hydrogen (secondary N) is 2. The molecular weight excluding hydrogens is 490 g/mol. The lowest BCUT2D eigenvalue weighted by Gasteiger charge is -2.51. The third kappa shape index (κ3) is 6.68. The molecule has 3 saturated heterocycles. The van der Waals surface area contributed by atoms with Gasteiger partial charge >= 0.3 is 0 Å². The van der Waals surface area contributed by atoms with Gasteiger partial charge in [-0.25, -0.2) is 0 Å². The Bertz CT molecular complexity index is 1040. The number of carbonyl (C=O) groups is 3. The molecule has 1 aromatic heterocycles. The number of carbonyl (C=O) groups excluding carboxylic acids is 3. The van der Waals surface area contributed by atoms with E-state index < -0.39 is 0 Å². The standard InChI is InChI=1S/C31H49N5O3/c1-20(2)25-12-11-21(3)15-31(39)36-18-22-16-23(28(36)9-6-10-29(37)32-25)19-35(17-22)30(38)14-13-27-24-7-4-5-8-26(24)33-34-27/h20-23,25,28H,4-19H2,1-3H3,(H,32,37)(H,33,34)/t21-,22+,23+,25+,28+/m1/s1. The van der Waals surface area contributed by atoms with E-state index in [1.807, 2.05) is 0 Å². The van der Waals surface area contributed by atoms with Gasteiger partial charge in [0, 0.05) is 63.1 Å². The molecule has 4 heterocycles. The molecule has 8 heteroatoms. The molecule has 5 rings (SSSR count). The number of rotatable bonds is 4. The molecule has 2 bridgehead atoms. The topological polar surface area (TPSA) is 98.4 Å². The number of piperidine rings is 2. The zero-order valence-corrected chi connectivity index (χ0v) is 24.3. The summed E-state index contributed by atoms with van der Waals surface area (Å²) in [6, 6.07) is 0.286. The SMILES string of the molecule is CC(C)[C@@H]1CC[C@@H](C)CC(=O)N2C[C@H]3C[C@@H](CN(C(=O)CCc4n[nH]c5c4CCCC5)C3)[C@@H]2CCCC(=O)N1. The third-order valence-corrected chi connectivity index (χ3v) is 9.91. The number of fused-ring (bicyclic) bond motifs is 5. The minimum Gasteiger partial charge on any atom is -0.353 e. The largest absolute Gasteiger partial charge is 0.353 e. The van der Waals surface area contributed by atoms with E-state index in [-0.39, 0.29) is 35.7 Å². The second-order valence-electron chi connectivity index (χ2n) is 13.3. The van der Waals surface area contributed by atoms with Gasteiger partial charge in [-0.15, -0.1) is 0 Å². The lowest BCUT2D eigenvalue weighted by molar-refractivity contribution is -0.146. The summed E-state index contributed by atoms with van der Waals surface area (Å²) in [5.41, 5.74) is 3.69. The number of aryl methyl sites for hydroxylation is 2. The van der Waals surface area contributed by atoms with E-state index in [0.29, 0.717) is 43.4 Å². The van der Waals surface area contributed by atoms with E-state index in [2.05, 4.69) is 46.1 Å². The molecule has 3 aliphatic heterocycles. The Hall–Kier alpha value is -2.38. The van der Waals surface area contributed by atoms with Crippen LogP contribution in [0.1, 0.15) is 102 Å². The maximum absolute atomic E-state index is 13.6. The van der Waals surface area contributed by atoms with Crippen LogP contribution in [0.4, 0.5) is 0 Å². The van der Waals surface area contributed by atoms with E-state index in [4.69, 9.17) is 0 Å². The zero-order valence-electron chi connectivity index (χ0n) is 24.3. The Kier molecular flexibility index (Phi) is 8.97. The molecule has 39 heavy (non-hydrogen) atoms. The fourth-order valence-electron chi connectivity index (χ4n) is 7.65. The van der Waals surface area contributed by atoms with Crippen molar-refractivity contribution in [2.45, 2.75) is 116 Å². The molecule has 2 N–H and O–H groups in total. The summed E-state index contributed by atoms with van der Waals surface area (Å²) < 4.78 is 0. The molecule has 3 fully saturated rings. The van der Waals surface area contributed by atoms with Crippen LogP contribution in [0, 0.1) is 23.7 Å². The molecule has 0 spiro atoms. The van der Waals surface area contributed by atoms with Gasteiger partial charge in [-0.2, -0.15) is 5.10 Å². The fraction of sp³-hybridized carbons (Fsp3) is 0.806. The maximum atomic E-state index is 13.6. The van der Waals surface area contributed by atoms with Crippen LogP contribution in [0.15, 0.2) is 0 Å². The summed E-state index contributed by atoms with van der Waals surface area (Å²) in [6.07, 6.45) is 11.4. The quantitative estimate of drug-likeness (QED) is 0.604. The number of aromatic amines is 1. The minimum absolute atomic E-state index is 0.115. The van der Waals surface area contributed by atoms with Gasteiger partial charge in [-0.05, 0) is 87.0 Å². The molecule has 0 unspecified atom stereocenters. The van der Waals surface area contributed by atoms with E-state index in [9.17, 15) is 14.4 Å². The van der Waals surface area contributed by atoms with Crippen molar-refractivity contribution >= 4 is 17.7 Å². The van der Waals surface area contributed by atoms with Crippen molar-refractivity contribution in [2.75, 3.05) is 19.6 Å². The molecule has 1 aliphatic carbocycles. The summed E-state index contributed by atoms with van der Waals surface area (Å²) >= 11 is 0. The van der Waals surface area contributed by atoms with E-state index in [1.54, 1.807) is 0 Å². The highest BCUT2D eigenvalue weighted by Crippen LogP contribution is 2.37. The van der Waals surface area contributed by atoms with Gasteiger partial charge in [0.2, 0.25) is 17.7 Å². The van der Waals surface area contributed by atoms with Gasteiger partial charge < -0.3 is 15.1 Å². The highest BCUT2D eigenvalue weighted by Gasteiger charge is 2.43. The molecule has 1 aromatic rings. The van der Waals surface area contributed by atoms with Crippen LogP contribution in [0.2, 0.25) is 0 Å². The molecule has 8 nitrogen and oxygen atoms in total. The number of aromatic nitrogens is 2. The minimum atomic E-state index is 0.115. The number of H-pyrrole nitrogens is 1. The van der Waals surface area contributed by atoms with Crippen molar-refractivity contribution in [3.05, 3.63) is 17.0 Å². The number of amides is 3. The zero-order chi connectivity index (χ0) is 27.5. The number of hydrogen-bond donors (Lipinski definition) is 2. The highest BCUT2D eigenvalue weighted by atomic mass is 16.2. The second kappa shape index (κ2) is 12.4. The van der Waals surface area contributed by atoms with Gasteiger partial charge in [0.15, 0.2) is 0 Å². The Labute approximate surface area is 234 Å². The molecule has 0 saturated carbocycles. The van der Waals surface area contributed by atoms with Crippen molar-refractivity contribution in [3.63, 3.8) is 0 Å². The lowest BCUT2D eigenvalue weighted by atomic mass is 9.77. The summed E-state index contributed by atoms with van der Waals surface area (Å²) in [5.74, 6) is 1.92. The molecule has 0 radical (unpaired) electrons. The Morgan fingerprint density at radius 2 is 1.85 bits per heavy atom. The van der Waals surface area contributed by atoms with Crippen LogP contribution in [0.25, 0.3) is 0 Å². The first-order chi connectivity index (χ1) is 18.8. The van der Waals surface area contributed by atoms with Crippen molar-refractivity contribution in [2.24, 2.45) is 23.7 Å². The molecule has 216 valence electrons. The second-order valence-corrected chi connectivity index (χ2v) is 13.3. The monoisotopic (exact) mass is 539 g/mol. The number of nitrogens with zero attached hydrogens (tertiary/aromatic N) is 3. The summed E-state index contributed by atoms with van der Waals surface area (Å²) in [4.78, 5) is 44.0. The average Bonchev–Trinajstić information content (AvgIpc) is 3.33. The van der Waals surface area contributed by atoms with Crippen LogP contribution >= 0.6 is 0 Å². The molecule has 0 aromatic carbocycles. The molecule has 4 aliphatic rings. The summed E-state index contributed by atoms with van der Waals surface area (Å²) in [5, 5.41) is 11.0. The Morgan fingerprint density at radius 1 is 1.03 bits per heavy atom. The fourth-order valence-corrected chi connectivity index (χ4v) is 7.65. The van der Waals surface area contributed by atoms with Crippen LogP contribution in [-0.2, 0) is 33.6 Å². The Balaban J connectivity index is 1.24. The molecular formula is C31H49N5O3. The van der Waals surface area contributed by atoms with Crippen LogP contribution < -0.4 is 5.32 Å². The van der Waals surface area contributed by atoms with Gasteiger partial charge in [-0.3, -0.25) is 19.5 Å². The first-order valence-corrected chi connectivity index (χ1v) is 15.7. The van der Waals surface area contributed by atoms with Crippen molar-refractivity contribution in [1.82, 2.24) is 25.3 Å². The molecule has 5 atom stereocenters. The van der Waals surface area contributed by atoms with Gasteiger partial charge in [-0.1, -0.05) is 20.8 Å². The first kappa shape index (κ1) is 28.2. The van der Waals surface area contributed by atoms with E-state index in [1.165, 1.54) is 24.1 Å². The maximum Gasteiger partial charge on any atom is 0.223 e.